The van der Waals surface area contributed by atoms with Crippen LogP contribution in [0.1, 0.15) is 22.3 Å². The number of carbonyl (C=O) groups is 2. The van der Waals surface area contributed by atoms with E-state index in [1.54, 1.807) is 11.0 Å². The topological polar surface area (TPSA) is 77.8 Å². The Morgan fingerprint density at radius 2 is 2.18 bits per heavy atom. The van der Waals surface area contributed by atoms with Crippen LogP contribution in [-0.4, -0.2) is 35.2 Å². The van der Waals surface area contributed by atoms with E-state index < -0.39 is 5.97 Å². The summed E-state index contributed by atoms with van der Waals surface area (Å²) in [5.74, 6) is -1.04. The van der Waals surface area contributed by atoms with E-state index in [0.717, 1.165) is 11.3 Å². The lowest BCUT2D eigenvalue weighted by Crippen LogP contribution is -2.28. The molecule has 5 heteroatoms. The molecule has 0 spiro atoms. The molecular weight excluding hydrogens is 222 g/mol. The molecule has 0 fully saturated rings. The molecule has 0 bridgehead atoms. The summed E-state index contributed by atoms with van der Waals surface area (Å²) in [5.41, 5.74) is 1.70. The molecule has 1 aromatic rings. The van der Waals surface area contributed by atoms with E-state index >= 15 is 0 Å². The first-order chi connectivity index (χ1) is 8.13. The first kappa shape index (κ1) is 11.6. The van der Waals surface area contributed by atoms with Crippen LogP contribution in [0.5, 0.6) is 0 Å². The quantitative estimate of drug-likeness (QED) is 0.803. The maximum Gasteiger partial charge on any atom is 0.335 e. The van der Waals surface area contributed by atoms with E-state index in [4.69, 9.17) is 10.2 Å². The van der Waals surface area contributed by atoms with Gasteiger partial charge in [-0.25, -0.2) is 4.79 Å². The predicted octanol–water partition coefficient (Wildman–Crippen LogP) is 0.656. The van der Waals surface area contributed by atoms with Gasteiger partial charge in [-0.3, -0.25) is 4.79 Å². The molecule has 17 heavy (non-hydrogen) atoms. The van der Waals surface area contributed by atoms with Gasteiger partial charge in [-0.2, -0.15) is 0 Å². The van der Waals surface area contributed by atoms with Crippen LogP contribution in [0.2, 0.25) is 0 Å². The molecule has 2 N–H and O–H groups in total. The molecule has 2 rings (SSSR count). The largest absolute Gasteiger partial charge is 0.478 e. The number of carboxylic acid groups (broad SMARTS) is 1. The maximum atomic E-state index is 11.7. The van der Waals surface area contributed by atoms with Gasteiger partial charge in [-0.05, 0) is 30.2 Å². The molecule has 0 aromatic heterocycles. The van der Waals surface area contributed by atoms with Gasteiger partial charge < -0.3 is 15.1 Å². The van der Waals surface area contributed by atoms with Crippen LogP contribution in [-0.2, 0) is 11.2 Å². The van der Waals surface area contributed by atoms with Crippen molar-refractivity contribution >= 4 is 17.6 Å². The average Bonchev–Trinajstić information content (AvgIpc) is 2.61. The molecule has 90 valence electrons. The lowest BCUT2D eigenvalue weighted by molar-refractivity contribution is -0.117. The molecule has 0 radical (unpaired) electrons. The van der Waals surface area contributed by atoms with E-state index in [2.05, 4.69) is 0 Å². The third-order valence-corrected chi connectivity index (χ3v) is 2.80. The van der Waals surface area contributed by atoms with Crippen molar-refractivity contribution in [3.05, 3.63) is 29.3 Å². The molecule has 0 saturated heterocycles. The minimum atomic E-state index is -0.992. The Balaban J connectivity index is 2.28. The van der Waals surface area contributed by atoms with Gasteiger partial charge >= 0.3 is 5.97 Å². The van der Waals surface area contributed by atoms with Gasteiger partial charge in [-0.1, -0.05) is 0 Å². The van der Waals surface area contributed by atoms with E-state index in [0.29, 0.717) is 13.0 Å². The second kappa shape index (κ2) is 4.55. The maximum absolute atomic E-state index is 11.7. The minimum Gasteiger partial charge on any atom is -0.478 e. The highest BCUT2D eigenvalue weighted by Gasteiger charge is 2.27. The summed E-state index contributed by atoms with van der Waals surface area (Å²) in [4.78, 5) is 24.1. The van der Waals surface area contributed by atoms with E-state index in [1.807, 2.05) is 0 Å². The number of aliphatic hydroxyl groups excluding tert-OH is 1. The van der Waals surface area contributed by atoms with Crippen molar-refractivity contribution in [1.29, 1.82) is 0 Å². The number of benzene rings is 1. The summed E-state index contributed by atoms with van der Waals surface area (Å²) in [6.45, 7) is 0.501. The van der Waals surface area contributed by atoms with Crippen molar-refractivity contribution in [2.45, 2.75) is 12.8 Å². The number of aromatic carboxylic acids is 1. The number of amides is 1. The van der Waals surface area contributed by atoms with Crippen molar-refractivity contribution in [3.8, 4) is 0 Å². The summed E-state index contributed by atoms with van der Waals surface area (Å²) in [5, 5.41) is 17.6. The number of carboxylic acids is 1. The molecule has 1 aliphatic heterocycles. The first-order valence-electron chi connectivity index (χ1n) is 5.41. The lowest BCUT2D eigenvalue weighted by Gasteiger charge is -2.16. The molecule has 5 nitrogen and oxygen atoms in total. The zero-order chi connectivity index (χ0) is 12.4. The fraction of sp³-hybridized carbons (Fsp3) is 0.333. The van der Waals surface area contributed by atoms with Gasteiger partial charge in [0.1, 0.15) is 0 Å². The molecular formula is C12H13NO4. The number of fused-ring (bicyclic) bond motifs is 1. The lowest BCUT2D eigenvalue weighted by atomic mass is 10.1. The van der Waals surface area contributed by atoms with Gasteiger partial charge in [0.25, 0.3) is 0 Å². The van der Waals surface area contributed by atoms with E-state index in [-0.39, 0.29) is 24.5 Å². The number of rotatable bonds is 4. The van der Waals surface area contributed by atoms with E-state index in [1.165, 1.54) is 12.1 Å². The SMILES string of the molecule is O=C(O)c1ccc2c(c1)CC(=O)N2CCCO. The molecule has 0 unspecified atom stereocenters. The van der Waals surface area contributed by atoms with Crippen LogP contribution in [0, 0.1) is 0 Å². The summed E-state index contributed by atoms with van der Waals surface area (Å²) in [7, 11) is 0. The van der Waals surface area contributed by atoms with Gasteiger partial charge in [0.2, 0.25) is 5.91 Å². The van der Waals surface area contributed by atoms with Crippen molar-refractivity contribution in [1.82, 2.24) is 0 Å². The number of carbonyl (C=O) groups excluding carboxylic acids is 1. The van der Waals surface area contributed by atoms with Crippen molar-refractivity contribution in [2.75, 3.05) is 18.1 Å². The molecule has 1 heterocycles. The Morgan fingerprint density at radius 1 is 1.41 bits per heavy atom. The second-order valence-corrected chi connectivity index (χ2v) is 3.95. The Kier molecular flexibility index (Phi) is 3.10. The highest BCUT2D eigenvalue weighted by molar-refractivity contribution is 6.02. The molecule has 1 aromatic carbocycles. The Labute approximate surface area is 98.3 Å². The van der Waals surface area contributed by atoms with Crippen LogP contribution in [0.4, 0.5) is 5.69 Å². The summed E-state index contributed by atoms with van der Waals surface area (Å²) in [6, 6.07) is 4.68. The minimum absolute atomic E-state index is 0.0341. The zero-order valence-electron chi connectivity index (χ0n) is 9.22. The van der Waals surface area contributed by atoms with Crippen molar-refractivity contribution in [2.24, 2.45) is 0 Å². The van der Waals surface area contributed by atoms with Crippen molar-refractivity contribution < 1.29 is 19.8 Å². The molecule has 0 aliphatic carbocycles. The summed E-state index contributed by atoms with van der Waals surface area (Å²) < 4.78 is 0. The van der Waals surface area contributed by atoms with Crippen LogP contribution >= 0.6 is 0 Å². The third kappa shape index (κ3) is 2.14. The fourth-order valence-electron chi connectivity index (χ4n) is 1.99. The monoisotopic (exact) mass is 235 g/mol. The number of anilines is 1. The highest BCUT2D eigenvalue weighted by Crippen LogP contribution is 2.29. The zero-order valence-corrected chi connectivity index (χ0v) is 9.22. The number of hydrogen-bond acceptors (Lipinski definition) is 3. The number of nitrogens with zero attached hydrogens (tertiary/aromatic N) is 1. The predicted molar refractivity (Wildman–Crippen MR) is 61.2 cm³/mol. The Morgan fingerprint density at radius 3 is 2.82 bits per heavy atom. The second-order valence-electron chi connectivity index (χ2n) is 3.95. The van der Waals surface area contributed by atoms with Crippen LogP contribution in [0.15, 0.2) is 18.2 Å². The standard InChI is InChI=1S/C12H13NO4/c14-5-1-4-13-10-3-2-8(12(16)17)6-9(10)7-11(13)15/h2-3,6,14H,1,4-5,7H2,(H,16,17). The first-order valence-corrected chi connectivity index (χ1v) is 5.41. The van der Waals surface area contributed by atoms with Gasteiger partial charge in [-0.15, -0.1) is 0 Å². The van der Waals surface area contributed by atoms with Crippen LogP contribution in [0.3, 0.4) is 0 Å². The summed E-state index contributed by atoms with van der Waals surface area (Å²) in [6.07, 6.45) is 0.758. The van der Waals surface area contributed by atoms with Crippen LogP contribution in [0.25, 0.3) is 0 Å². The number of hydrogen-bond donors (Lipinski definition) is 2. The normalized spacial score (nSPS) is 13.9. The van der Waals surface area contributed by atoms with E-state index in [9.17, 15) is 9.59 Å². The van der Waals surface area contributed by atoms with Crippen LogP contribution < -0.4 is 4.90 Å². The van der Waals surface area contributed by atoms with Gasteiger partial charge in [0.15, 0.2) is 0 Å². The highest BCUT2D eigenvalue weighted by atomic mass is 16.4. The molecule has 0 saturated carbocycles. The Hall–Kier alpha value is -1.88. The molecule has 1 amide bonds. The number of aliphatic hydroxyl groups is 1. The van der Waals surface area contributed by atoms with Gasteiger partial charge in [0.05, 0.1) is 12.0 Å². The molecule has 0 atom stereocenters. The third-order valence-electron chi connectivity index (χ3n) is 2.80. The smallest absolute Gasteiger partial charge is 0.335 e. The fourth-order valence-corrected chi connectivity index (χ4v) is 1.99. The van der Waals surface area contributed by atoms with Crippen molar-refractivity contribution in [3.63, 3.8) is 0 Å². The Bertz CT molecular complexity index is 470. The average molecular weight is 235 g/mol. The van der Waals surface area contributed by atoms with Gasteiger partial charge in [0, 0.05) is 18.8 Å². The molecule has 1 aliphatic rings. The summed E-state index contributed by atoms with van der Waals surface area (Å²) >= 11 is 0.